The van der Waals surface area contributed by atoms with Crippen molar-refractivity contribution in [1.82, 2.24) is 9.97 Å². The lowest BCUT2D eigenvalue weighted by atomic mass is 10.0. The largest absolute Gasteiger partial charge is 0.428 e. The summed E-state index contributed by atoms with van der Waals surface area (Å²) in [7, 11) is 0. The van der Waals surface area contributed by atoms with E-state index in [-0.39, 0.29) is 0 Å². The predicted octanol–water partition coefficient (Wildman–Crippen LogP) is 4.75. The van der Waals surface area contributed by atoms with Gasteiger partial charge in [0, 0.05) is 18.8 Å². The molecule has 4 heteroatoms. The lowest BCUT2D eigenvalue weighted by molar-refractivity contribution is -0.120. The SMILES string of the molecule is Cc1ccccc1Cc1ccccc1OC=O.c1cnc2cccnc2c1. The van der Waals surface area contributed by atoms with Crippen molar-refractivity contribution < 1.29 is 9.53 Å². The van der Waals surface area contributed by atoms with Crippen molar-refractivity contribution in [2.24, 2.45) is 0 Å². The van der Waals surface area contributed by atoms with Gasteiger partial charge in [0.1, 0.15) is 5.75 Å². The van der Waals surface area contributed by atoms with Crippen molar-refractivity contribution in [2.45, 2.75) is 13.3 Å². The minimum Gasteiger partial charge on any atom is -0.428 e. The molecule has 4 rings (SSSR count). The summed E-state index contributed by atoms with van der Waals surface area (Å²) in [5, 5.41) is 0. The van der Waals surface area contributed by atoms with Gasteiger partial charge >= 0.3 is 0 Å². The zero-order chi connectivity index (χ0) is 18.9. The number of pyridine rings is 2. The quantitative estimate of drug-likeness (QED) is 0.495. The summed E-state index contributed by atoms with van der Waals surface area (Å²) < 4.78 is 4.97. The van der Waals surface area contributed by atoms with E-state index in [0.717, 1.165) is 23.0 Å². The van der Waals surface area contributed by atoms with Crippen LogP contribution in [-0.2, 0) is 11.2 Å². The minimum absolute atomic E-state index is 0.469. The van der Waals surface area contributed by atoms with Crippen LogP contribution < -0.4 is 4.74 Å². The van der Waals surface area contributed by atoms with E-state index >= 15 is 0 Å². The topological polar surface area (TPSA) is 52.1 Å². The summed E-state index contributed by atoms with van der Waals surface area (Å²) >= 11 is 0. The van der Waals surface area contributed by atoms with Gasteiger partial charge in [-0.1, -0.05) is 42.5 Å². The van der Waals surface area contributed by atoms with Crippen molar-refractivity contribution in [3.63, 3.8) is 0 Å². The van der Waals surface area contributed by atoms with Crippen molar-refractivity contribution in [1.29, 1.82) is 0 Å². The monoisotopic (exact) mass is 356 g/mol. The summed E-state index contributed by atoms with van der Waals surface area (Å²) in [5.41, 5.74) is 5.41. The molecule has 0 spiro atoms. The van der Waals surface area contributed by atoms with Crippen molar-refractivity contribution in [2.75, 3.05) is 0 Å². The van der Waals surface area contributed by atoms with E-state index in [0.29, 0.717) is 12.2 Å². The summed E-state index contributed by atoms with van der Waals surface area (Å²) in [6.45, 7) is 2.55. The van der Waals surface area contributed by atoms with E-state index in [1.165, 1.54) is 11.1 Å². The number of rotatable bonds is 4. The van der Waals surface area contributed by atoms with E-state index in [1.807, 2.05) is 60.7 Å². The van der Waals surface area contributed by atoms with Gasteiger partial charge in [-0.15, -0.1) is 0 Å². The third-order valence-electron chi connectivity index (χ3n) is 4.16. The molecule has 2 heterocycles. The molecule has 134 valence electrons. The maximum atomic E-state index is 10.4. The third-order valence-corrected chi connectivity index (χ3v) is 4.16. The highest BCUT2D eigenvalue weighted by molar-refractivity contribution is 5.72. The van der Waals surface area contributed by atoms with E-state index < -0.39 is 0 Å². The Balaban J connectivity index is 0.000000177. The first-order valence-electron chi connectivity index (χ1n) is 8.66. The van der Waals surface area contributed by atoms with Crippen molar-refractivity contribution >= 4 is 17.5 Å². The Hall–Kier alpha value is -3.53. The summed E-state index contributed by atoms with van der Waals surface area (Å²) in [6.07, 6.45) is 4.31. The fraction of sp³-hybridized carbons (Fsp3) is 0.0870. The van der Waals surface area contributed by atoms with Crippen molar-refractivity contribution in [3.8, 4) is 5.75 Å². The number of hydrogen-bond acceptors (Lipinski definition) is 4. The second-order valence-electron chi connectivity index (χ2n) is 5.97. The molecule has 0 unspecified atom stereocenters. The van der Waals surface area contributed by atoms with E-state index in [9.17, 15) is 4.79 Å². The summed E-state index contributed by atoms with van der Waals surface area (Å²) in [5.74, 6) is 0.630. The standard InChI is InChI=1S/C15H14O2.C8H6N2/c1-12-6-2-3-7-13(12)10-14-8-4-5-9-15(14)17-11-16;1-3-7-8(9-5-1)4-2-6-10-7/h2-9,11H,10H2,1H3;1-6H. The predicted molar refractivity (Wildman–Crippen MR) is 107 cm³/mol. The Kier molecular flexibility index (Phi) is 6.26. The molecule has 0 saturated heterocycles. The number of para-hydroxylation sites is 1. The van der Waals surface area contributed by atoms with Crippen LogP contribution in [0.4, 0.5) is 0 Å². The second kappa shape index (κ2) is 9.25. The Labute approximate surface area is 158 Å². The molecule has 4 aromatic rings. The van der Waals surface area contributed by atoms with E-state index in [1.54, 1.807) is 12.4 Å². The molecule has 0 fully saturated rings. The number of nitrogens with zero attached hydrogens (tertiary/aromatic N) is 2. The molecule has 0 aliphatic carbocycles. The highest BCUT2D eigenvalue weighted by Crippen LogP contribution is 2.22. The van der Waals surface area contributed by atoms with Crippen LogP contribution in [-0.4, -0.2) is 16.4 Å². The second-order valence-corrected chi connectivity index (χ2v) is 5.97. The summed E-state index contributed by atoms with van der Waals surface area (Å²) in [6, 6.07) is 23.5. The molecule has 0 saturated carbocycles. The molecule has 0 N–H and O–H groups in total. The first kappa shape index (κ1) is 18.3. The van der Waals surface area contributed by atoms with Crippen molar-refractivity contribution in [3.05, 3.63) is 102 Å². The van der Waals surface area contributed by atoms with Gasteiger partial charge in [-0.2, -0.15) is 0 Å². The van der Waals surface area contributed by atoms with Crippen LogP contribution in [0.3, 0.4) is 0 Å². The normalized spacial score (nSPS) is 9.96. The lowest BCUT2D eigenvalue weighted by Crippen LogP contribution is -1.97. The molecule has 2 aromatic heterocycles. The molecule has 0 atom stereocenters. The van der Waals surface area contributed by atoms with Gasteiger partial charge in [-0.3, -0.25) is 14.8 Å². The lowest BCUT2D eigenvalue weighted by Gasteiger charge is -2.09. The van der Waals surface area contributed by atoms with Crippen LogP contribution in [0.15, 0.2) is 85.2 Å². The molecule has 27 heavy (non-hydrogen) atoms. The number of carbonyl (C=O) groups is 1. The number of benzene rings is 2. The van der Waals surface area contributed by atoms with E-state index in [4.69, 9.17) is 4.74 Å². The number of aryl methyl sites for hydroxylation is 1. The molecule has 0 bridgehead atoms. The maximum Gasteiger partial charge on any atom is 0.298 e. The van der Waals surface area contributed by atoms with Gasteiger partial charge < -0.3 is 4.74 Å². The molecule has 0 aliphatic rings. The highest BCUT2D eigenvalue weighted by Gasteiger charge is 2.05. The van der Waals surface area contributed by atoms with Crippen LogP contribution in [0.2, 0.25) is 0 Å². The van der Waals surface area contributed by atoms with Gasteiger partial charge in [0.15, 0.2) is 0 Å². The maximum absolute atomic E-state index is 10.4. The number of aromatic nitrogens is 2. The van der Waals surface area contributed by atoms with Gasteiger partial charge in [0.25, 0.3) is 6.47 Å². The van der Waals surface area contributed by atoms with Crippen LogP contribution in [0.1, 0.15) is 16.7 Å². The molecule has 4 nitrogen and oxygen atoms in total. The molecule has 0 aliphatic heterocycles. The molecule has 0 radical (unpaired) electrons. The fourth-order valence-corrected chi connectivity index (χ4v) is 2.73. The van der Waals surface area contributed by atoms with Gasteiger partial charge in [0.05, 0.1) is 11.0 Å². The smallest absolute Gasteiger partial charge is 0.298 e. The Morgan fingerprint density at radius 2 is 1.37 bits per heavy atom. The first-order valence-corrected chi connectivity index (χ1v) is 8.66. The first-order chi connectivity index (χ1) is 13.3. The average Bonchev–Trinajstić information content (AvgIpc) is 2.72. The number of fused-ring (bicyclic) bond motifs is 1. The fourth-order valence-electron chi connectivity index (χ4n) is 2.73. The van der Waals surface area contributed by atoms with Gasteiger partial charge in [-0.05, 0) is 53.9 Å². The number of hydrogen-bond donors (Lipinski definition) is 0. The van der Waals surface area contributed by atoms with Crippen LogP contribution in [0.25, 0.3) is 11.0 Å². The van der Waals surface area contributed by atoms with Crippen LogP contribution in [0, 0.1) is 6.92 Å². The number of carbonyl (C=O) groups excluding carboxylic acids is 1. The van der Waals surface area contributed by atoms with Crippen LogP contribution >= 0.6 is 0 Å². The molecular formula is C23H20N2O2. The average molecular weight is 356 g/mol. The molecule has 2 aromatic carbocycles. The van der Waals surface area contributed by atoms with E-state index in [2.05, 4.69) is 29.0 Å². The van der Waals surface area contributed by atoms with Gasteiger partial charge in [0.2, 0.25) is 0 Å². The summed E-state index contributed by atoms with van der Waals surface area (Å²) in [4.78, 5) is 18.7. The zero-order valence-corrected chi connectivity index (χ0v) is 15.1. The Morgan fingerprint density at radius 3 is 2.00 bits per heavy atom. The number of ether oxygens (including phenoxy) is 1. The molecular weight excluding hydrogens is 336 g/mol. The Bertz CT molecular complexity index is 966. The van der Waals surface area contributed by atoms with Gasteiger partial charge in [-0.25, -0.2) is 0 Å². The Morgan fingerprint density at radius 1 is 0.778 bits per heavy atom. The van der Waals surface area contributed by atoms with Crippen LogP contribution in [0.5, 0.6) is 5.75 Å². The third kappa shape index (κ3) is 4.98. The zero-order valence-electron chi connectivity index (χ0n) is 15.1. The molecule has 0 amide bonds. The highest BCUT2D eigenvalue weighted by atomic mass is 16.5. The minimum atomic E-state index is 0.469.